The van der Waals surface area contributed by atoms with Gasteiger partial charge in [0.15, 0.2) is 0 Å². The molecule has 0 fully saturated rings. The molecule has 0 spiro atoms. The quantitative estimate of drug-likeness (QED) is 0.828. The summed E-state index contributed by atoms with van der Waals surface area (Å²) in [6.45, 7) is 6.57. The predicted octanol–water partition coefficient (Wildman–Crippen LogP) is 4.62. The first-order chi connectivity index (χ1) is 10.0. The molecule has 1 aromatic carbocycles. The van der Waals surface area contributed by atoms with E-state index in [1.54, 1.807) is 12.3 Å². The first-order valence-electron chi connectivity index (χ1n) is 6.79. The molecule has 1 heterocycles. The second-order valence-corrected chi connectivity index (χ2v) is 5.65. The molecule has 0 amide bonds. The molecular weight excluding hydrogens is 284 g/mol. The van der Waals surface area contributed by atoms with Gasteiger partial charge in [-0.2, -0.15) is 5.26 Å². The van der Waals surface area contributed by atoms with Gasteiger partial charge < -0.3 is 4.74 Å². The van der Waals surface area contributed by atoms with E-state index in [1.165, 1.54) is 0 Å². The van der Waals surface area contributed by atoms with Crippen molar-refractivity contribution in [2.24, 2.45) is 0 Å². The van der Waals surface area contributed by atoms with Gasteiger partial charge in [-0.15, -0.1) is 0 Å². The number of nitrogens with zero attached hydrogens (tertiary/aromatic N) is 2. The van der Waals surface area contributed by atoms with Crippen LogP contribution in [0.2, 0.25) is 5.02 Å². The summed E-state index contributed by atoms with van der Waals surface area (Å²) in [5.41, 5.74) is 3.39. The molecule has 0 aliphatic carbocycles. The van der Waals surface area contributed by atoms with E-state index in [-0.39, 0.29) is 0 Å². The number of pyridine rings is 1. The molecular formula is C17H17ClN2O. The first-order valence-corrected chi connectivity index (χ1v) is 7.17. The average Bonchev–Trinajstić information content (AvgIpc) is 2.46. The minimum atomic E-state index is 0.339. The van der Waals surface area contributed by atoms with Crippen LogP contribution in [0.25, 0.3) is 0 Å². The van der Waals surface area contributed by atoms with Crippen LogP contribution in [0.1, 0.15) is 42.1 Å². The fourth-order valence-electron chi connectivity index (χ4n) is 2.05. The summed E-state index contributed by atoms with van der Waals surface area (Å²) in [6.07, 6.45) is 1.62. The monoisotopic (exact) mass is 300 g/mol. The van der Waals surface area contributed by atoms with Gasteiger partial charge in [0, 0.05) is 11.2 Å². The summed E-state index contributed by atoms with van der Waals surface area (Å²) in [6, 6.07) is 9.52. The van der Waals surface area contributed by atoms with E-state index >= 15 is 0 Å². The van der Waals surface area contributed by atoms with Crippen LogP contribution in [-0.2, 0) is 6.61 Å². The standard InChI is InChI=1S/C17H17ClN2O/c1-11(2)15-8-17(12(3)6-16(15)18)21-10-13-4-5-20-14(7-13)9-19/h4-8,11H,10H2,1-3H3. The molecule has 108 valence electrons. The maximum absolute atomic E-state index is 8.85. The highest BCUT2D eigenvalue weighted by Gasteiger charge is 2.10. The predicted molar refractivity (Wildman–Crippen MR) is 83.6 cm³/mol. The lowest BCUT2D eigenvalue weighted by Crippen LogP contribution is -2.00. The van der Waals surface area contributed by atoms with Gasteiger partial charge in [0.1, 0.15) is 24.1 Å². The summed E-state index contributed by atoms with van der Waals surface area (Å²) < 4.78 is 5.87. The number of ether oxygens (including phenoxy) is 1. The lowest BCUT2D eigenvalue weighted by molar-refractivity contribution is 0.303. The molecule has 0 radical (unpaired) electrons. The number of hydrogen-bond donors (Lipinski definition) is 0. The number of hydrogen-bond acceptors (Lipinski definition) is 3. The van der Waals surface area contributed by atoms with Gasteiger partial charge in [-0.25, -0.2) is 4.98 Å². The lowest BCUT2D eigenvalue weighted by Gasteiger charge is -2.14. The molecule has 1 aromatic heterocycles. The maximum atomic E-state index is 8.85. The van der Waals surface area contributed by atoms with Gasteiger partial charge in [0.2, 0.25) is 0 Å². The second kappa shape index (κ2) is 6.60. The van der Waals surface area contributed by atoms with Gasteiger partial charge in [-0.05, 0) is 53.8 Å². The Hall–Kier alpha value is -2.05. The van der Waals surface area contributed by atoms with Crippen molar-refractivity contribution in [3.05, 3.63) is 57.9 Å². The van der Waals surface area contributed by atoms with Crippen molar-refractivity contribution >= 4 is 11.6 Å². The molecule has 2 aromatic rings. The van der Waals surface area contributed by atoms with E-state index in [2.05, 4.69) is 18.8 Å². The van der Waals surface area contributed by atoms with Gasteiger partial charge in [-0.1, -0.05) is 25.4 Å². The summed E-state index contributed by atoms with van der Waals surface area (Å²) >= 11 is 6.25. The van der Waals surface area contributed by atoms with E-state index in [0.29, 0.717) is 18.2 Å². The molecule has 0 aliphatic rings. The van der Waals surface area contributed by atoms with Crippen molar-refractivity contribution in [2.75, 3.05) is 0 Å². The Balaban J connectivity index is 2.20. The minimum absolute atomic E-state index is 0.339. The van der Waals surface area contributed by atoms with E-state index in [9.17, 15) is 0 Å². The Morgan fingerprint density at radius 2 is 2.10 bits per heavy atom. The maximum Gasteiger partial charge on any atom is 0.140 e. The van der Waals surface area contributed by atoms with Crippen LogP contribution >= 0.6 is 11.6 Å². The van der Waals surface area contributed by atoms with Crippen molar-refractivity contribution in [1.29, 1.82) is 5.26 Å². The molecule has 4 heteroatoms. The van der Waals surface area contributed by atoms with Gasteiger partial charge in [0.25, 0.3) is 0 Å². The Bertz CT molecular complexity index is 690. The fourth-order valence-corrected chi connectivity index (χ4v) is 2.49. The number of benzene rings is 1. The van der Waals surface area contributed by atoms with Crippen LogP contribution < -0.4 is 4.74 Å². The first kappa shape index (κ1) is 15.3. The molecule has 2 rings (SSSR count). The second-order valence-electron chi connectivity index (χ2n) is 5.24. The topological polar surface area (TPSA) is 45.9 Å². The Morgan fingerprint density at radius 3 is 2.76 bits per heavy atom. The van der Waals surface area contributed by atoms with Crippen molar-refractivity contribution < 1.29 is 4.74 Å². The Labute approximate surface area is 130 Å². The van der Waals surface area contributed by atoms with E-state index in [1.807, 2.05) is 31.2 Å². The van der Waals surface area contributed by atoms with Crippen LogP contribution in [0.5, 0.6) is 5.75 Å². The molecule has 0 aliphatic heterocycles. The molecule has 21 heavy (non-hydrogen) atoms. The molecule has 0 atom stereocenters. The highest BCUT2D eigenvalue weighted by Crippen LogP contribution is 2.31. The molecule has 0 saturated carbocycles. The van der Waals surface area contributed by atoms with Crippen LogP contribution in [0.3, 0.4) is 0 Å². The molecule has 0 saturated heterocycles. The largest absolute Gasteiger partial charge is 0.489 e. The molecule has 0 unspecified atom stereocenters. The molecule has 3 nitrogen and oxygen atoms in total. The normalized spacial score (nSPS) is 10.5. The van der Waals surface area contributed by atoms with Crippen LogP contribution in [0.4, 0.5) is 0 Å². The van der Waals surface area contributed by atoms with Crippen LogP contribution in [0, 0.1) is 18.3 Å². The third-order valence-corrected chi connectivity index (χ3v) is 3.58. The SMILES string of the molecule is Cc1cc(Cl)c(C(C)C)cc1OCc1ccnc(C#N)c1. The van der Waals surface area contributed by atoms with Crippen LogP contribution in [0.15, 0.2) is 30.5 Å². The van der Waals surface area contributed by atoms with Crippen molar-refractivity contribution in [3.8, 4) is 11.8 Å². The van der Waals surface area contributed by atoms with Gasteiger partial charge >= 0.3 is 0 Å². The zero-order valence-corrected chi connectivity index (χ0v) is 13.1. The third-order valence-electron chi connectivity index (χ3n) is 3.25. The Morgan fingerprint density at radius 1 is 1.33 bits per heavy atom. The number of nitriles is 1. The van der Waals surface area contributed by atoms with Gasteiger partial charge in [0.05, 0.1) is 0 Å². The molecule has 0 bridgehead atoms. The highest BCUT2D eigenvalue weighted by molar-refractivity contribution is 6.31. The smallest absolute Gasteiger partial charge is 0.140 e. The zero-order valence-electron chi connectivity index (χ0n) is 12.4. The Kier molecular flexibility index (Phi) is 4.82. The number of aromatic nitrogens is 1. The average molecular weight is 301 g/mol. The van der Waals surface area contributed by atoms with Gasteiger partial charge in [-0.3, -0.25) is 0 Å². The van der Waals surface area contributed by atoms with Crippen molar-refractivity contribution in [2.45, 2.75) is 33.3 Å². The fraction of sp³-hybridized carbons (Fsp3) is 0.294. The molecule has 0 N–H and O–H groups in total. The summed E-state index contributed by atoms with van der Waals surface area (Å²) in [5, 5.41) is 9.62. The van der Waals surface area contributed by atoms with Crippen molar-refractivity contribution in [3.63, 3.8) is 0 Å². The summed E-state index contributed by atoms with van der Waals surface area (Å²) in [5.74, 6) is 1.16. The van der Waals surface area contributed by atoms with E-state index < -0.39 is 0 Å². The highest BCUT2D eigenvalue weighted by atomic mass is 35.5. The number of aryl methyl sites for hydroxylation is 1. The minimum Gasteiger partial charge on any atom is -0.489 e. The van der Waals surface area contributed by atoms with E-state index in [0.717, 1.165) is 27.5 Å². The number of rotatable bonds is 4. The zero-order chi connectivity index (χ0) is 15.4. The summed E-state index contributed by atoms with van der Waals surface area (Å²) in [4.78, 5) is 3.95. The number of halogens is 1. The van der Waals surface area contributed by atoms with Crippen LogP contribution in [-0.4, -0.2) is 4.98 Å². The summed E-state index contributed by atoms with van der Waals surface area (Å²) in [7, 11) is 0. The lowest BCUT2D eigenvalue weighted by atomic mass is 10.0. The van der Waals surface area contributed by atoms with Crippen molar-refractivity contribution in [1.82, 2.24) is 4.98 Å². The third kappa shape index (κ3) is 3.74. The van der Waals surface area contributed by atoms with E-state index in [4.69, 9.17) is 21.6 Å².